The Morgan fingerprint density at radius 2 is 1.79 bits per heavy atom. The summed E-state index contributed by atoms with van der Waals surface area (Å²) in [6, 6.07) is 0.597. The molecule has 2 fully saturated rings. The van der Waals surface area contributed by atoms with E-state index in [1.165, 1.54) is 58.3 Å². The Morgan fingerprint density at radius 3 is 2.33 bits per heavy atom. The standard InChI is InChI=1S/C19H39N5/c1-16(2)18(24-10-7-5-6-8-11-24)14-22-19(20-3)21-13-17-9-12-23(4)15-17/h16-18H,5-15H2,1-4H3,(H2,20,21,22). The lowest BCUT2D eigenvalue weighted by Gasteiger charge is -2.34. The van der Waals surface area contributed by atoms with Crippen LogP contribution in [0.2, 0.25) is 0 Å². The lowest BCUT2D eigenvalue weighted by Crippen LogP contribution is -2.50. The molecule has 2 unspecified atom stereocenters. The maximum atomic E-state index is 4.43. The normalized spacial score (nSPS) is 25.7. The maximum Gasteiger partial charge on any atom is 0.191 e. The van der Waals surface area contributed by atoms with E-state index >= 15 is 0 Å². The van der Waals surface area contributed by atoms with Gasteiger partial charge in [0.2, 0.25) is 0 Å². The molecule has 5 heteroatoms. The fraction of sp³-hybridized carbons (Fsp3) is 0.947. The molecule has 0 aromatic heterocycles. The van der Waals surface area contributed by atoms with E-state index in [0.717, 1.165) is 25.0 Å². The van der Waals surface area contributed by atoms with Gasteiger partial charge in [-0.05, 0) is 57.8 Å². The van der Waals surface area contributed by atoms with Crippen molar-refractivity contribution in [3.05, 3.63) is 0 Å². The molecule has 140 valence electrons. The monoisotopic (exact) mass is 337 g/mol. The van der Waals surface area contributed by atoms with Crippen LogP contribution in [-0.2, 0) is 0 Å². The molecule has 24 heavy (non-hydrogen) atoms. The first-order valence-electron chi connectivity index (χ1n) is 9.97. The molecule has 0 aromatic rings. The van der Waals surface area contributed by atoms with Crippen molar-refractivity contribution in [2.75, 3.05) is 53.4 Å². The Kier molecular flexibility index (Phi) is 8.33. The van der Waals surface area contributed by atoms with Crippen LogP contribution in [0, 0.1) is 11.8 Å². The van der Waals surface area contributed by atoms with E-state index in [2.05, 4.69) is 46.3 Å². The van der Waals surface area contributed by atoms with Crippen LogP contribution in [0.4, 0.5) is 0 Å². The molecule has 0 spiro atoms. The van der Waals surface area contributed by atoms with Crippen LogP contribution in [0.1, 0.15) is 46.0 Å². The predicted molar refractivity (Wildman–Crippen MR) is 104 cm³/mol. The van der Waals surface area contributed by atoms with Crippen molar-refractivity contribution in [2.45, 2.75) is 52.0 Å². The molecule has 0 amide bonds. The summed E-state index contributed by atoms with van der Waals surface area (Å²) >= 11 is 0. The molecule has 5 nitrogen and oxygen atoms in total. The fourth-order valence-corrected chi connectivity index (χ4v) is 4.07. The smallest absolute Gasteiger partial charge is 0.191 e. The molecular formula is C19H39N5. The first-order valence-corrected chi connectivity index (χ1v) is 9.97. The highest BCUT2D eigenvalue weighted by molar-refractivity contribution is 5.79. The number of hydrogen-bond donors (Lipinski definition) is 2. The molecule has 2 saturated heterocycles. The van der Waals surface area contributed by atoms with Crippen LogP contribution < -0.4 is 10.6 Å². The maximum absolute atomic E-state index is 4.43. The molecule has 0 bridgehead atoms. The highest BCUT2D eigenvalue weighted by Gasteiger charge is 2.23. The largest absolute Gasteiger partial charge is 0.356 e. The summed E-state index contributed by atoms with van der Waals surface area (Å²) < 4.78 is 0. The van der Waals surface area contributed by atoms with E-state index in [1.807, 2.05) is 7.05 Å². The van der Waals surface area contributed by atoms with Crippen LogP contribution in [-0.4, -0.2) is 75.2 Å². The number of nitrogens with one attached hydrogen (secondary N) is 2. The van der Waals surface area contributed by atoms with Crippen LogP contribution >= 0.6 is 0 Å². The highest BCUT2D eigenvalue weighted by Crippen LogP contribution is 2.17. The summed E-state index contributed by atoms with van der Waals surface area (Å²) in [6.07, 6.45) is 6.79. The van der Waals surface area contributed by atoms with Crippen molar-refractivity contribution in [3.8, 4) is 0 Å². The van der Waals surface area contributed by atoms with Gasteiger partial charge in [-0.3, -0.25) is 9.89 Å². The predicted octanol–water partition coefficient (Wildman–Crippen LogP) is 2.00. The lowest BCUT2D eigenvalue weighted by molar-refractivity contribution is 0.161. The van der Waals surface area contributed by atoms with Crippen molar-refractivity contribution in [2.24, 2.45) is 16.8 Å². The van der Waals surface area contributed by atoms with Gasteiger partial charge in [-0.1, -0.05) is 26.7 Å². The fourth-order valence-electron chi connectivity index (χ4n) is 4.07. The summed E-state index contributed by atoms with van der Waals surface area (Å²) in [5.41, 5.74) is 0. The molecule has 0 saturated carbocycles. The minimum atomic E-state index is 0.597. The van der Waals surface area contributed by atoms with E-state index < -0.39 is 0 Å². The van der Waals surface area contributed by atoms with Gasteiger partial charge in [-0.2, -0.15) is 0 Å². The Labute approximate surface area is 149 Å². The van der Waals surface area contributed by atoms with Crippen LogP contribution in [0.15, 0.2) is 4.99 Å². The van der Waals surface area contributed by atoms with Gasteiger partial charge in [0, 0.05) is 32.7 Å². The summed E-state index contributed by atoms with van der Waals surface area (Å²) in [5.74, 6) is 2.38. The first-order chi connectivity index (χ1) is 11.6. The number of hydrogen-bond acceptors (Lipinski definition) is 3. The molecule has 2 rings (SSSR count). The molecular weight excluding hydrogens is 298 g/mol. The van der Waals surface area contributed by atoms with Crippen molar-refractivity contribution in [3.63, 3.8) is 0 Å². The Bertz CT molecular complexity index is 374. The molecule has 0 radical (unpaired) electrons. The average molecular weight is 338 g/mol. The van der Waals surface area contributed by atoms with E-state index in [9.17, 15) is 0 Å². The highest BCUT2D eigenvalue weighted by atomic mass is 15.2. The van der Waals surface area contributed by atoms with Gasteiger partial charge in [-0.25, -0.2) is 0 Å². The van der Waals surface area contributed by atoms with E-state index in [0.29, 0.717) is 12.0 Å². The topological polar surface area (TPSA) is 42.9 Å². The molecule has 0 aliphatic carbocycles. The molecule has 2 N–H and O–H groups in total. The Hall–Kier alpha value is -0.810. The second-order valence-electron chi connectivity index (χ2n) is 8.01. The first kappa shape index (κ1) is 19.5. The summed E-state index contributed by atoms with van der Waals surface area (Å²) in [6.45, 7) is 11.6. The van der Waals surface area contributed by atoms with E-state index in [4.69, 9.17) is 0 Å². The van der Waals surface area contributed by atoms with Gasteiger partial charge in [-0.15, -0.1) is 0 Å². The average Bonchev–Trinajstić information content (AvgIpc) is 2.81. The van der Waals surface area contributed by atoms with E-state index in [-0.39, 0.29) is 0 Å². The zero-order chi connectivity index (χ0) is 17.4. The summed E-state index contributed by atoms with van der Waals surface area (Å²) in [4.78, 5) is 9.54. The van der Waals surface area contributed by atoms with Gasteiger partial charge in [0.25, 0.3) is 0 Å². The number of guanidine groups is 1. The second-order valence-corrected chi connectivity index (χ2v) is 8.01. The Morgan fingerprint density at radius 1 is 1.08 bits per heavy atom. The minimum absolute atomic E-state index is 0.597. The molecule has 2 aliphatic heterocycles. The SMILES string of the molecule is CN=C(NCC1CCN(C)C1)NCC(C(C)C)N1CCCCCC1. The third-order valence-electron chi connectivity index (χ3n) is 5.63. The zero-order valence-electron chi connectivity index (χ0n) is 16.4. The van der Waals surface area contributed by atoms with Crippen molar-refractivity contribution < 1.29 is 0 Å². The summed E-state index contributed by atoms with van der Waals surface area (Å²) in [5, 5.41) is 7.12. The molecule has 0 aromatic carbocycles. The molecule has 2 heterocycles. The van der Waals surface area contributed by atoms with Crippen molar-refractivity contribution in [1.29, 1.82) is 0 Å². The van der Waals surface area contributed by atoms with Gasteiger partial charge in [0.15, 0.2) is 5.96 Å². The zero-order valence-corrected chi connectivity index (χ0v) is 16.4. The number of rotatable bonds is 6. The Balaban J connectivity index is 1.78. The number of aliphatic imine (C=N–C) groups is 1. The van der Waals surface area contributed by atoms with Crippen molar-refractivity contribution >= 4 is 5.96 Å². The number of nitrogens with zero attached hydrogens (tertiary/aromatic N) is 3. The third-order valence-corrected chi connectivity index (χ3v) is 5.63. The van der Waals surface area contributed by atoms with Crippen LogP contribution in [0.5, 0.6) is 0 Å². The quantitative estimate of drug-likeness (QED) is 0.575. The third kappa shape index (κ3) is 6.25. The van der Waals surface area contributed by atoms with Gasteiger partial charge < -0.3 is 15.5 Å². The van der Waals surface area contributed by atoms with Gasteiger partial charge >= 0.3 is 0 Å². The van der Waals surface area contributed by atoms with Gasteiger partial charge in [0.1, 0.15) is 0 Å². The second kappa shape index (κ2) is 10.2. The number of likely N-dealkylation sites (tertiary alicyclic amines) is 2. The summed E-state index contributed by atoms with van der Waals surface area (Å²) in [7, 11) is 4.09. The minimum Gasteiger partial charge on any atom is -0.356 e. The van der Waals surface area contributed by atoms with Crippen LogP contribution in [0.25, 0.3) is 0 Å². The van der Waals surface area contributed by atoms with Crippen LogP contribution in [0.3, 0.4) is 0 Å². The molecule has 2 atom stereocenters. The van der Waals surface area contributed by atoms with Gasteiger partial charge in [0.05, 0.1) is 0 Å². The lowest BCUT2D eigenvalue weighted by atomic mass is 10.0. The van der Waals surface area contributed by atoms with Crippen molar-refractivity contribution in [1.82, 2.24) is 20.4 Å². The molecule has 2 aliphatic rings. The van der Waals surface area contributed by atoms with E-state index in [1.54, 1.807) is 0 Å².